The van der Waals surface area contributed by atoms with Gasteiger partial charge >= 0.3 is 0 Å². The van der Waals surface area contributed by atoms with E-state index in [1.165, 1.54) is 5.56 Å². The van der Waals surface area contributed by atoms with E-state index in [1.807, 2.05) is 50.4 Å². The first-order valence-corrected chi connectivity index (χ1v) is 7.03. The highest BCUT2D eigenvalue weighted by Crippen LogP contribution is 2.20. The van der Waals surface area contributed by atoms with Crippen LogP contribution < -0.4 is 4.74 Å². The van der Waals surface area contributed by atoms with E-state index in [0.717, 1.165) is 36.6 Å². The highest BCUT2D eigenvalue weighted by molar-refractivity contribution is 5.59. The fourth-order valence-corrected chi connectivity index (χ4v) is 1.86. The number of nitrogens with zero attached hydrogens (tertiary/aromatic N) is 1. The quantitative estimate of drug-likeness (QED) is 0.716. The summed E-state index contributed by atoms with van der Waals surface area (Å²) in [4.78, 5) is 4.42. The lowest BCUT2D eigenvalue weighted by atomic mass is 10.1. The van der Waals surface area contributed by atoms with Crippen molar-refractivity contribution in [3.8, 4) is 17.0 Å². The molecule has 0 atom stereocenters. The van der Waals surface area contributed by atoms with Crippen LogP contribution in [0.15, 0.2) is 42.6 Å². The smallest absolute Gasteiger partial charge is 0.119 e. The molecule has 0 aliphatic carbocycles. The lowest BCUT2D eigenvalue weighted by Crippen LogP contribution is -2.02. The lowest BCUT2D eigenvalue weighted by Gasteiger charge is -2.07. The summed E-state index contributed by atoms with van der Waals surface area (Å²) in [6, 6.07) is 12.1. The van der Waals surface area contributed by atoms with Crippen LogP contribution >= 0.6 is 0 Å². The van der Waals surface area contributed by atoms with Gasteiger partial charge in [0.2, 0.25) is 0 Å². The Bertz CT molecular complexity index is 506. The highest BCUT2D eigenvalue weighted by Gasteiger charge is 2.00. The molecule has 0 radical (unpaired) electrons. The number of aromatic nitrogens is 1. The first kappa shape index (κ1) is 14.5. The Kier molecular flexibility index (Phi) is 5.56. The summed E-state index contributed by atoms with van der Waals surface area (Å²) in [6.07, 6.45) is 2.79. The third kappa shape index (κ3) is 4.35. The number of hydrogen-bond donors (Lipinski definition) is 0. The molecule has 106 valence electrons. The molecule has 0 N–H and O–H groups in total. The van der Waals surface area contributed by atoms with Crippen molar-refractivity contribution in [2.45, 2.75) is 20.3 Å². The summed E-state index contributed by atoms with van der Waals surface area (Å²) < 4.78 is 10.9. The molecule has 0 fully saturated rings. The van der Waals surface area contributed by atoms with Crippen LogP contribution in [-0.4, -0.2) is 24.8 Å². The minimum absolute atomic E-state index is 0.683. The van der Waals surface area contributed by atoms with Crippen molar-refractivity contribution in [1.29, 1.82) is 0 Å². The van der Waals surface area contributed by atoms with Crippen LogP contribution in [0.1, 0.15) is 18.9 Å². The van der Waals surface area contributed by atoms with Gasteiger partial charge in [0, 0.05) is 31.4 Å². The monoisotopic (exact) mass is 271 g/mol. The molecule has 0 aliphatic rings. The predicted octanol–water partition coefficient (Wildman–Crippen LogP) is 3.86. The number of aryl methyl sites for hydroxylation is 1. The summed E-state index contributed by atoms with van der Waals surface area (Å²) in [5.74, 6) is 0.886. The molecule has 0 saturated carbocycles. The van der Waals surface area contributed by atoms with Crippen molar-refractivity contribution < 1.29 is 9.47 Å². The number of benzene rings is 1. The largest absolute Gasteiger partial charge is 0.494 e. The van der Waals surface area contributed by atoms with Gasteiger partial charge in [0.05, 0.1) is 12.3 Å². The summed E-state index contributed by atoms with van der Waals surface area (Å²) in [7, 11) is 0. The van der Waals surface area contributed by atoms with Gasteiger partial charge in [-0.25, -0.2) is 0 Å². The zero-order valence-corrected chi connectivity index (χ0v) is 12.1. The van der Waals surface area contributed by atoms with Crippen molar-refractivity contribution in [2.24, 2.45) is 0 Å². The molecule has 1 aromatic heterocycles. The van der Waals surface area contributed by atoms with Gasteiger partial charge in [-0.1, -0.05) is 6.07 Å². The molecule has 0 bridgehead atoms. The average molecular weight is 271 g/mol. The van der Waals surface area contributed by atoms with E-state index in [4.69, 9.17) is 9.47 Å². The third-order valence-corrected chi connectivity index (χ3v) is 2.97. The fourth-order valence-electron chi connectivity index (χ4n) is 1.86. The molecular formula is C17H21NO2. The standard InChI is InChI=1S/C17H21NO2/c1-3-19-11-4-12-20-16-8-6-15(7-9-16)17-10-5-14(2)13-18-17/h5-10,13H,3-4,11-12H2,1-2H3. The zero-order valence-electron chi connectivity index (χ0n) is 12.1. The molecule has 0 amide bonds. The lowest BCUT2D eigenvalue weighted by molar-refractivity contribution is 0.131. The molecule has 20 heavy (non-hydrogen) atoms. The second kappa shape index (κ2) is 7.65. The molecular weight excluding hydrogens is 250 g/mol. The Morgan fingerprint density at radius 1 is 1.00 bits per heavy atom. The van der Waals surface area contributed by atoms with Crippen molar-refractivity contribution in [1.82, 2.24) is 4.98 Å². The fraction of sp³-hybridized carbons (Fsp3) is 0.353. The van der Waals surface area contributed by atoms with Crippen LogP contribution in [0.2, 0.25) is 0 Å². The molecule has 0 aliphatic heterocycles. The molecule has 3 nitrogen and oxygen atoms in total. The Morgan fingerprint density at radius 2 is 1.80 bits per heavy atom. The highest BCUT2D eigenvalue weighted by atomic mass is 16.5. The van der Waals surface area contributed by atoms with Crippen LogP contribution in [-0.2, 0) is 4.74 Å². The first-order chi connectivity index (χ1) is 9.79. The SMILES string of the molecule is CCOCCCOc1ccc(-c2ccc(C)cn2)cc1. The number of pyridine rings is 1. The normalized spacial score (nSPS) is 10.5. The Balaban J connectivity index is 1.88. The Morgan fingerprint density at radius 3 is 2.45 bits per heavy atom. The maximum atomic E-state index is 5.66. The molecule has 2 rings (SSSR count). The van der Waals surface area contributed by atoms with E-state index in [1.54, 1.807) is 0 Å². The van der Waals surface area contributed by atoms with Gasteiger partial charge in [-0.2, -0.15) is 0 Å². The van der Waals surface area contributed by atoms with Crippen molar-refractivity contribution >= 4 is 0 Å². The molecule has 3 heteroatoms. The van der Waals surface area contributed by atoms with Crippen molar-refractivity contribution in [3.63, 3.8) is 0 Å². The minimum atomic E-state index is 0.683. The van der Waals surface area contributed by atoms with Crippen LogP contribution in [0.4, 0.5) is 0 Å². The van der Waals surface area contributed by atoms with E-state index in [9.17, 15) is 0 Å². The third-order valence-electron chi connectivity index (χ3n) is 2.97. The molecule has 2 aromatic rings. The van der Waals surface area contributed by atoms with Crippen molar-refractivity contribution in [3.05, 3.63) is 48.2 Å². The summed E-state index contributed by atoms with van der Waals surface area (Å²) in [5, 5.41) is 0. The number of hydrogen-bond acceptors (Lipinski definition) is 3. The average Bonchev–Trinajstić information content (AvgIpc) is 2.49. The van der Waals surface area contributed by atoms with Crippen LogP contribution in [0, 0.1) is 6.92 Å². The Hall–Kier alpha value is -1.87. The van der Waals surface area contributed by atoms with Gasteiger partial charge in [0.15, 0.2) is 0 Å². The number of rotatable bonds is 7. The van der Waals surface area contributed by atoms with Gasteiger partial charge < -0.3 is 9.47 Å². The maximum absolute atomic E-state index is 5.66. The second-order valence-electron chi connectivity index (χ2n) is 4.64. The molecule has 1 aromatic carbocycles. The minimum Gasteiger partial charge on any atom is -0.494 e. The molecule has 0 saturated heterocycles. The van der Waals surface area contributed by atoms with E-state index >= 15 is 0 Å². The topological polar surface area (TPSA) is 31.4 Å². The van der Waals surface area contributed by atoms with Crippen LogP contribution in [0.3, 0.4) is 0 Å². The van der Waals surface area contributed by atoms with Gasteiger partial charge in [-0.05, 0) is 49.7 Å². The van der Waals surface area contributed by atoms with E-state index in [-0.39, 0.29) is 0 Å². The van der Waals surface area contributed by atoms with E-state index < -0.39 is 0 Å². The van der Waals surface area contributed by atoms with E-state index in [2.05, 4.69) is 11.1 Å². The second-order valence-corrected chi connectivity index (χ2v) is 4.64. The van der Waals surface area contributed by atoms with Gasteiger partial charge in [-0.3, -0.25) is 4.98 Å². The molecule has 1 heterocycles. The van der Waals surface area contributed by atoms with E-state index in [0.29, 0.717) is 6.61 Å². The Labute approximate surface area is 120 Å². The first-order valence-electron chi connectivity index (χ1n) is 7.03. The van der Waals surface area contributed by atoms with Crippen LogP contribution in [0.5, 0.6) is 5.75 Å². The summed E-state index contributed by atoms with van der Waals surface area (Å²) >= 11 is 0. The molecule has 0 unspecified atom stereocenters. The van der Waals surface area contributed by atoms with Crippen LogP contribution in [0.25, 0.3) is 11.3 Å². The summed E-state index contributed by atoms with van der Waals surface area (Å²) in [5.41, 5.74) is 3.26. The van der Waals surface area contributed by atoms with Gasteiger partial charge in [0.25, 0.3) is 0 Å². The molecule has 0 spiro atoms. The maximum Gasteiger partial charge on any atom is 0.119 e. The van der Waals surface area contributed by atoms with Gasteiger partial charge in [0.1, 0.15) is 5.75 Å². The van der Waals surface area contributed by atoms with Crippen molar-refractivity contribution in [2.75, 3.05) is 19.8 Å². The predicted molar refractivity (Wildman–Crippen MR) is 81.0 cm³/mol. The zero-order chi connectivity index (χ0) is 14.2. The summed E-state index contributed by atoms with van der Waals surface area (Å²) in [6.45, 7) is 6.23. The number of ether oxygens (including phenoxy) is 2. The van der Waals surface area contributed by atoms with Gasteiger partial charge in [-0.15, -0.1) is 0 Å².